The van der Waals surface area contributed by atoms with Crippen molar-refractivity contribution >= 4 is 34.2 Å². The lowest BCUT2D eigenvalue weighted by Crippen LogP contribution is -2.37. The molecule has 2 aliphatic rings. The molecule has 0 spiro atoms. The van der Waals surface area contributed by atoms with Gasteiger partial charge in [-0.1, -0.05) is 12.1 Å². The number of fused-ring (bicyclic) bond motifs is 1. The van der Waals surface area contributed by atoms with Gasteiger partial charge >= 0.3 is 0 Å². The minimum Gasteiger partial charge on any atom is -0.396 e. The summed E-state index contributed by atoms with van der Waals surface area (Å²) < 4.78 is 0. The molecule has 0 radical (unpaired) electrons. The Balaban J connectivity index is 1.75. The van der Waals surface area contributed by atoms with Crippen LogP contribution in [0.2, 0.25) is 0 Å². The minimum atomic E-state index is 0.243. The number of anilines is 2. The highest BCUT2D eigenvalue weighted by Gasteiger charge is 2.21. The first-order chi connectivity index (χ1) is 11.7. The van der Waals surface area contributed by atoms with Crippen molar-refractivity contribution in [1.29, 1.82) is 0 Å². The van der Waals surface area contributed by atoms with E-state index >= 15 is 0 Å². The highest BCUT2D eigenvalue weighted by atomic mass is 16.3. The number of hydrogen-bond acceptors (Lipinski definition) is 5. The number of piperidine rings is 1. The lowest BCUT2D eigenvalue weighted by Gasteiger charge is -2.34. The fraction of sp³-hybridized carbons (Fsp3) is 0.368. The molecular weight excluding hydrogens is 300 g/mol. The number of nitrogens with zero attached hydrogens (tertiary/aromatic N) is 3. The summed E-state index contributed by atoms with van der Waals surface area (Å²) in [6.45, 7) is 2.84. The van der Waals surface area contributed by atoms with Crippen molar-refractivity contribution in [2.75, 3.05) is 36.9 Å². The van der Waals surface area contributed by atoms with Crippen LogP contribution in [0.25, 0.3) is 16.5 Å². The topological polar surface area (TPSA) is 74.7 Å². The number of allylic oxidation sites excluding steroid dienone is 1. The number of aliphatic hydroxyl groups excluding tert-OH is 1. The molecule has 3 N–H and O–H groups in total. The van der Waals surface area contributed by atoms with E-state index in [0.29, 0.717) is 11.7 Å². The smallest absolute Gasteiger partial charge is 0.126 e. The Labute approximate surface area is 141 Å². The molecular formula is C19H22N4O. The van der Waals surface area contributed by atoms with Crippen molar-refractivity contribution in [1.82, 2.24) is 4.98 Å². The van der Waals surface area contributed by atoms with Gasteiger partial charge in [-0.2, -0.15) is 0 Å². The number of aliphatic imine (C=N–C) groups is 1. The zero-order valence-corrected chi connectivity index (χ0v) is 13.7. The first-order valence-corrected chi connectivity index (χ1v) is 8.50. The summed E-state index contributed by atoms with van der Waals surface area (Å²) in [6.07, 6.45) is 6.08. The molecule has 1 atom stereocenters. The number of aliphatic hydroxyl groups is 1. The van der Waals surface area contributed by atoms with Crippen molar-refractivity contribution in [2.45, 2.75) is 12.8 Å². The molecule has 2 aromatic rings. The third kappa shape index (κ3) is 2.76. The number of hydrogen-bond donors (Lipinski definition) is 2. The summed E-state index contributed by atoms with van der Waals surface area (Å²) in [7, 11) is 0. The maximum Gasteiger partial charge on any atom is 0.126 e. The van der Waals surface area contributed by atoms with Crippen LogP contribution in [-0.2, 0) is 0 Å². The number of rotatable bonds is 3. The molecule has 0 aliphatic carbocycles. The van der Waals surface area contributed by atoms with Gasteiger partial charge in [0, 0.05) is 43.1 Å². The van der Waals surface area contributed by atoms with Gasteiger partial charge in [-0.05, 0) is 42.0 Å². The molecule has 1 aromatic heterocycles. The van der Waals surface area contributed by atoms with Gasteiger partial charge < -0.3 is 15.7 Å². The second kappa shape index (κ2) is 6.24. The number of nitrogen functional groups attached to an aromatic ring is 1. The molecule has 0 amide bonds. The molecule has 1 saturated heterocycles. The van der Waals surface area contributed by atoms with Crippen LogP contribution >= 0.6 is 0 Å². The molecule has 0 bridgehead atoms. The van der Waals surface area contributed by atoms with Crippen molar-refractivity contribution in [3.05, 3.63) is 35.9 Å². The van der Waals surface area contributed by atoms with E-state index in [1.807, 2.05) is 18.4 Å². The van der Waals surface area contributed by atoms with E-state index in [4.69, 9.17) is 5.73 Å². The quantitative estimate of drug-likeness (QED) is 0.910. The summed E-state index contributed by atoms with van der Waals surface area (Å²) in [6, 6.07) is 8.33. The standard InChI is InChI=1S/C19H22N4O/c20-19-9-18(23-7-1-2-13(11-23)12-24)16-4-3-14(8-17(16)22-19)15-5-6-21-10-15/h3-6,8-9,13,24H,1-2,7,10-12H2,(H2,20,22). The van der Waals surface area contributed by atoms with E-state index in [2.05, 4.69) is 33.1 Å². The highest BCUT2D eigenvalue weighted by molar-refractivity contribution is 5.97. The maximum absolute atomic E-state index is 9.50. The van der Waals surface area contributed by atoms with E-state index in [1.165, 1.54) is 5.57 Å². The molecule has 1 unspecified atom stereocenters. The summed E-state index contributed by atoms with van der Waals surface area (Å²) in [5, 5.41) is 10.6. The Kier molecular flexibility index (Phi) is 3.94. The first kappa shape index (κ1) is 15.1. The molecule has 1 aromatic carbocycles. The van der Waals surface area contributed by atoms with Gasteiger partial charge in [-0.3, -0.25) is 4.99 Å². The Bertz CT molecular complexity index is 827. The van der Waals surface area contributed by atoms with Gasteiger partial charge in [0.2, 0.25) is 0 Å². The summed E-state index contributed by atoms with van der Waals surface area (Å²) >= 11 is 0. The lowest BCUT2D eigenvalue weighted by molar-refractivity contribution is 0.209. The predicted octanol–water partition coefficient (Wildman–Crippen LogP) is 2.49. The molecule has 5 heteroatoms. The van der Waals surface area contributed by atoms with E-state index in [1.54, 1.807) is 0 Å². The fourth-order valence-corrected chi connectivity index (χ4v) is 3.66. The average molecular weight is 322 g/mol. The summed E-state index contributed by atoms with van der Waals surface area (Å²) in [5.41, 5.74) is 10.5. The van der Waals surface area contributed by atoms with Gasteiger partial charge in [0.05, 0.1) is 12.1 Å². The molecule has 0 saturated carbocycles. The third-order valence-electron chi connectivity index (χ3n) is 4.94. The van der Waals surface area contributed by atoms with Crippen LogP contribution in [0.3, 0.4) is 0 Å². The predicted molar refractivity (Wildman–Crippen MR) is 99.5 cm³/mol. The van der Waals surface area contributed by atoms with Crippen LogP contribution in [0.4, 0.5) is 11.5 Å². The van der Waals surface area contributed by atoms with E-state index in [9.17, 15) is 5.11 Å². The van der Waals surface area contributed by atoms with Crippen LogP contribution in [0, 0.1) is 5.92 Å². The van der Waals surface area contributed by atoms with Crippen LogP contribution in [0.5, 0.6) is 0 Å². The Morgan fingerprint density at radius 1 is 1.29 bits per heavy atom. The molecule has 124 valence electrons. The second-order valence-electron chi connectivity index (χ2n) is 6.62. The van der Waals surface area contributed by atoms with Crippen LogP contribution in [-0.4, -0.2) is 42.5 Å². The van der Waals surface area contributed by atoms with Crippen molar-refractivity contribution < 1.29 is 5.11 Å². The first-order valence-electron chi connectivity index (χ1n) is 8.50. The summed E-state index contributed by atoms with van der Waals surface area (Å²) in [4.78, 5) is 11.1. The van der Waals surface area contributed by atoms with Gasteiger partial charge in [0.15, 0.2) is 0 Å². The Hall–Kier alpha value is -2.40. The average Bonchev–Trinajstić information content (AvgIpc) is 3.15. The molecule has 2 aliphatic heterocycles. The van der Waals surface area contributed by atoms with Crippen LogP contribution in [0.1, 0.15) is 18.4 Å². The largest absolute Gasteiger partial charge is 0.396 e. The van der Waals surface area contributed by atoms with Crippen molar-refractivity contribution in [3.63, 3.8) is 0 Å². The highest BCUT2D eigenvalue weighted by Crippen LogP contribution is 2.33. The molecule has 5 nitrogen and oxygen atoms in total. The van der Waals surface area contributed by atoms with E-state index < -0.39 is 0 Å². The maximum atomic E-state index is 9.50. The fourth-order valence-electron chi connectivity index (χ4n) is 3.66. The molecule has 1 fully saturated rings. The van der Waals surface area contributed by atoms with Gasteiger partial charge in [0.1, 0.15) is 5.82 Å². The monoisotopic (exact) mass is 322 g/mol. The van der Waals surface area contributed by atoms with Crippen LogP contribution < -0.4 is 10.6 Å². The van der Waals surface area contributed by atoms with Gasteiger partial charge in [0.25, 0.3) is 0 Å². The number of pyridine rings is 1. The zero-order chi connectivity index (χ0) is 16.5. The number of benzene rings is 1. The van der Waals surface area contributed by atoms with E-state index in [-0.39, 0.29) is 6.61 Å². The van der Waals surface area contributed by atoms with Crippen molar-refractivity contribution in [2.24, 2.45) is 10.9 Å². The normalized spacial score (nSPS) is 20.6. The Morgan fingerprint density at radius 2 is 2.21 bits per heavy atom. The zero-order valence-electron chi connectivity index (χ0n) is 13.7. The number of nitrogens with two attached hydrogens (primary N) is 1. The summed E-state index contributed by atoms with van der Waals surface area (Å²) in [5.74, 6) is 0.876. The van der Waals surface area contributed by atoms with Gasteiger partial charge in [-0.25, -0.2) is 4.98 Å². The van der Waals surface area contributed by atoms with Crippen molar-refractivity contribution in [3.8, 4) is 0 Å². The SMILES string of the molecule is Nc1cc(N2CCCC(CO)C2)c2ccc(C3=CC=NC3)cc2n1. The minimum absolute atomic E-state index is 0.243. The number of aromatic nitrogens is 1. The molecule has 4 rings (SSSR count). The Morgan fingerprint density at radius 3 is 3.00 bits per heavy atom. The lowest BCUT2D eigenvalue weighted by atomic mass is 9.97. The van der Waals surface area contributed by atoms with E-state index in [0.717, 1.165) is 54.6 Å². The third-order valence-corrected chi connectivity index (χ3v) is 4.94. The van der Waals surface area contributed by atoms with Gasteiger partial charge in [-0.15, -0.1) is 0 Å². The van der Waals surface area contributed by atoms with Crippen LogP contribution in [0.15, 0.2) is 35.3 Å². The molecule has 3 heterocycles. The molecule has 24 heavy (non-hydrogen) atoms. The second-order valence-corrected chi connectivity index (χ2v) is 6.62.